The second-order valence-corrected chi connectivity index (χ2v) is 5.10. The number of anilines is 1. The second kappa shape index (κ2) is 5.46. The smallest absolute Gasteiger partial charge is 0.251 e. The number of hydrogen-bond acceptors (Lipinski definition) is 3. The molecule has 1 heterocycles. The fraction of sp³-hybridized carbons (Fsp3) is 0.167. The van der Waals surface area contributed by atoms with Gasteiger partial charge in [-0.05, 0) is 12.1 Å². The van der Waals surface area contributed by atoms with Crippen molar-refractivity contribution in [2.24, 2.45) is 0 Å². The summed E-state index contributed by atoms with van der Waals surface area (Å²) in [6.07, 6.45) is 1.40. The fourth-order valence-electron chi connectivity index (χ4n) is 1.43. The van der Waals surface area contributed by atoms with E-state index in [4.69, 9.17) is 11.6 Å². The number of halogens is 1. The molecule has 1 N–H and O–H groups in total. The van der Waals surface area contributed by atoms with Crippen molar-refractivity contribution in [3.63, 3.8) is 0 Å². The first kappa shape index (κ1) is 13.0. The Kier molecular flexibility index (Phi) is 3.93. The zero-order valence-electron chi connectivity index (χ0n) is 9.64. The molecule has 1 fully saturated rings. The number of benzene rings is 1. The van der Waals surface area contributed by atoms with Gasteiger partial charge >= 0.3 is 0 Å². The standard InChI is InChI=1S/C12H11ClN2O2S/c1-15-11(17)7-18-12(15)6-10(16)14-9-5-3-2-4-8(9)13/h2-6H,7H2,1H3,(H,14,16)/b12-6-. The number of carbonyl (C=O) groups excluding carboxylic acids is 2. The number of carbonyl (C=O) groups is 2. The highest BCUT2D eigenvalue weighted by Gasteiger charge is 2.23. The molecule has 18 heavy (non-hydrogen) atoms. The van der Waals surface area contributed by atoms with Crippen LogP contribution in [0.5, 0.6) is 0 Å². The minimum absolute atomic E-state index is 0.00297. The lowest BCUT2D eigenvalue weighted by Crippen LogP contribution is -2.20. The van der Waals surface area contributed by atoms with E-state index in [0.29, 0.717) is 21.5 Å². The average Bonchev–Trinajstić information content (AvgIpc) is 2.64. The van der Waals surface area contributed by atoms with Crippen LogP contribution in [0, 0.1) is 0 Å². The molecule has 6 heteroatoms. The maximum Gasteiger partial charge on any atom is 0.251 e. The minimum atomic E-state index is -0.299. The second-order valence-electron chi connectivity index (χ2n) is 3.69. The van der Waals surface area contributed by atoms with Crippen LogP contribution in [0.25, 0.3) is 0 Å². The van der Waals surface area contributed by atoms with Crippen LogP contribution in [-0.4, -0.2) is 29.5 Å². The highest BCUT2D eigenvalue weighted by atomic mass is 35.5. The van der Waals surface area contributed by atoms with Gasteiger partial charge in [0.1, 0.15) is 0 Å². The van der Waals surface area contributed by atoms with Crippen LogP contribution >= 0.6 is 23.4 Å². The van der Waals surface area contributed by atoms with Crippen LogP contribution in [-0.2, 0) is 9.59 Å². The van der Waals surface area contributed by atoms with E-state index < -0.39 is 0 Å². The number of para-hydroxylation sites is 1. The van der Waals surface area contributed by atoms with E-state index >= 15 is 0 Å². The molecule has 0 saturated carbocycles. The molecule has 2 rings (SSSR count). The molecule has 0 radical (unpaired) electrons. The number of amides is 2. The van der Waals surface area contributed by atoms with Gasteiger partial charge < -0.3 is 10.2 Å². The Morgan fingerprint density at radius 1 is 1.50 bits per heavy atom. The zero-order chi connectivity index (χ0) is 13.1. The van der Waals surface area contributed by atoms with Crippen molar-refractivity contribution in [1.29, 1.82) is 0 Å². The van der Waals surface area contributed by atoms with Gasteiger partial charge in [-0.15, -0.1) is 0 Å². The van der Waals surface area contributed by atoms with E-state index in [0.717, 1.165) is 0 Å². The molecule has 1 aromatic rings. The molecule has 0 spiro atoms. The molecule has 0 bridgehead atoms. The number of rotatable bonds is 2. The lowest BCUT2D eigenvalue weighted by Gasteiger charge is -2.09. The lowest BCUT2D eigenvalue weighted by atomic mass is 10.3. The van der Waals surface area contributed by atoms with Gasteiger partial charge in [-0.3, -0.25) is 9.59 Å². The molecular formula is C12H11ClN2O2S. The molecule has 1 aliphatic rings. The van der Waals surface area contributed by atoms with Crippen LogP contribution in [0.4, 0.5) is 5.69 Å². The number of nitrogens with one attached hydrogen (secondary N) is 1. The van der Waals surface area contributed by atoms with E-state index in [9.17, 15) is 9.59 Å². The Balaban J connectivity index is 2.08. The molecule has 1 aliphatic heterocycles. The predicted octanol–water partition coefficient (Wildman–Crippen LogP) is 2.33. The molecule has 0 aliphatic carbocycles. The maximum absolute atomic E-state index is 11.8. The molecule has 0 unspecified atom stereocenters. The van der Waals surface area contributed by atoms with Gasteiger partial charge in [0, 0.05) is 13.1 Å². The normalized spacial score (nSPS) is 17.3. The first-order valence-corrected chi connectivity index (χ1v) is 6.61. The molecule has 0 atom stereocenters. The van der Waals surface area contributed by atoms with Crippen molar-refractivity contribution in [2.45, 2.75) is 0 Å². The first-order chi connectivity index (χ1) is 8.58. The summed E-state index contributed by atoms with van der Waals surface area (Å²) in [4.78, 5) is 24.5. The SMILES string of the molecule is CN1C(=O)CS/C1=C\C(=O)Nc1ccccc1Cl. The van der Waals surface area contributed by atoms with Crippen molar-refractivity contribution in [3.8, 4) is 0 Å². The molecule has 2 amide bonds. The van der Waals surface area contributed by atoms with Crippen molar-refractivity contribution >= 4 is 40.9 Å². The van der Waals surface area contributed by atoms with E-state index in [1.807, 2.05) is 0 Å². The molecule has 1 saturated heterocycles. The summed E-state index contributed by atoms with van der Waals surface area (Å²) in [5.74, 6) is 0.0748. The van der Waals surface area contributed by atoms with E-state index in [1.54, 1.807) is 31.3 Å². The van der Waals surface area contributed by atoms with Crippen molar-refractivity contribution < 1.29 is 9.59 Å². The minimum Gasteiger partial charge on any atom is -0.321 e. The lowest BCUT2D eigenvalue weighted by molar-refractivity contribution is -0.124. The van der Waals surface area contributed by atoms with Crippen molar-refractivity contribution in [1.82, 2.24) is 4.90 Å². The quantitative estimate of drug-likeness (QED) is 0.847. The van der Waals surface area contributed by atoms with Crippen LogP contribution in [0.1, 0.15) is 0 Å². The summed E-state index contributed by atoms with van der Waals surface area (Å²) in [5, 5.41) is 3.80. The number of thioether (sulfide) groups is 1. The Bertz CT molecular complexity index is 531. The molecule has 1 aromatic carbocycles. The third-order valence-electron chi connectivity index (χ3n) is 2.43. The summed E-state index contributed by atoms with van der Waals surface area (Å²) in [6.45, 7) is 0. The number of nitrogens with zero attached hydrogens (tertiary/aromatic N) is 1. The van der Waals surface area contributed by atoms with Crippen LogP contribution in [0.3, 0.4) is 0 Å². The summed E-state index contributed by atoms with van der Waals surface area (Å²) in [5.41, 5.74) is 0.554. The van der Waals surface area contributed by atoms with Gasteiger partial charge in [-0.2, -0.15) is 0 Å². The molecule has 0 aromatic heterocycles. The summed E-state index contributed by atoms with van der Waals surface area (Å²) < 4.78 is 0. The van der Waals surface area contributed by atoms with E-state index in [2.05, 4.69) is 5.32 Å². The van der Waals surface area contributed by atoms with Crippen LogP contribution < -0.4 is 5.32 Å². The summed E-state index contributed by atoms with van der Waals surface area (Å²) in [6, 6.07) is 6.99. The first-order valence-electron chi connectivity index (χ1n) is 5.24. The molecule has 94 valence electrons. The fourth-order valence-corrected chi connectivity index (χ4v) is 2.57. The van der Waals surface area contributed by atoms with Gasteiger partial charge in [0.15, 0.2) is 0 Å². The van der Waals surface area contributed by atoms with E-state index in [1.165, 1.54) is 22.7 Å². The topological polar surface area (TPSA) is 49.4 Å². The third kappa shape index (κ3) is 2.86. The van der Waals surface area contributed by atoms with Gasteiger partial charge in [0.05, 0.1) is 21.5 Å². The largest absolute Gasteiger partial charge is 0.321 e. The third-order valence-corrected chi connectivity index (χ3v) is 3.84. The molecular weight excluding hydrogens is 272 g/mol. The Morgan fingerprint density at radius 3 is 2.83 bits per heavy atom. The Labute approximate surface area is 114 Å². The van der Waals surface area contributed by atoms with E-state index in [-0.39, 0.29) is 11.8 Å². The van der Waals surface area contributed by atoms with Crippen molar-refractivity contribution in [3.05, 3.63) is 40.4 Å². The summed E-state index contributed by atoms with van der Waals surface area (Å²) in [7, 11) is 1.65. The Morgan fingerprint density at radius 2 is 2.22 bits per heavy atom. The van der Waals surface area contributed by atoms with Crippen LogP contribution in [0.15, 0.2) is 35.4 Å². The maximum atomic E-state index is 11.8. The van der Waals surface area contributed by atoms with Gasteiger partial charge in [-0.1, -0.05) is 35.5 Å². The van der Waals surface area contributed by atoms with Gasteiger partial charge in [-0.25, -0.2) is 0 Å². The monoisotopic (exact) mass is 282 g/mol. The number of hydrogen-bond donors (Lipinski definition) is 1. The van der Waals surface area contributed by atoms with Crippen molar-refractivity contribution in [2.75, 3.05) is 18.1 Å². The average molecular weight is 283 g/mol. The van der Waals surface area contributed by atoms with Crippen LogP contribution in [0.2, 0.25) is 5.02 Å². The predicted molar refractivity (Wildman–Crippen MR) is 73.4 cm³/mol. The Hall–Kier alpha value is -1.46. The zero-order valence-corrected chi connectivity index (χ0v) is 11.2. The highest BCUT2D eigenvalue weighted by Crippen LogP contribution is 2.27. The summed E-state index contributed by atoms with van der Waals surface area (Å²) >= 11 is 7.28. The molecule has 4 nitrogen and oxygen atoms in total. The van der Waals surface area contributed by atoms with Gasteiger partial charge in [0.2, 0.25) is 5.91 Å². The highest BCUT2D eigenvalue weighted by molar-refractivity contribution is 8.04. The van der Waals surface area contributed by atoms with Gasteiger partial charge in [0.25, 0.3) is 5.91 Å².